The maximum Gasteiger partial charge on any atom is 0.331 e. The highest BCUT2D eigenvalue weighted by atomic mass is 35.5. The minimum atomic E-state index is -0.525. The van der Waals surface area contributed by atoms with Crippen LogP contribution < -0.4 is 0 Å². The van der Waals surface area contributed by atoms with Gasteiger partial charge >= 0.3 is 5.97 Å². The summed E-state index contributed by atoms with van der Waals surface area (Å²) in [7, 11) is 0. The fraction of sp³-hybridized carbons (Fsp3) is 0.308. The molecule has 0 saturated carbocycles. The molecule has 0 fully saturated rings. The summed E-state index contributed by atoms with van der Waals surface area (Å²) in [6.07, 6.45) is 2.84. The Hall–Kier alpha value is -0.700. The van der Waals surface area contributed by atoms with Crippen molar-refractivity contribution in [1.29, 1.82) is 0 Å². The van der Waals surface area contributed by atoms with Crippen LogP contribution in [0.25, 0.3) is 6.08 Å². The number of rotatable bonds is 2. The molecular formula is C13H13Cl3O2. The highest BCUT2D eigenvalue weighted by molar-refractivity contribution is 6.43. The molecule has 18 heavy (non-hydrogen) atoms. The van der Waals surface area contributed by atoms with Crippen molar-refractivity contribution >= 4 is 46.8 Å². The van der Waals surface area contributed by atoms with E-state index in [1.165, 1.54) is 12.1 Å². The number of carbonyl (C=O) groups excluding carboxylic acids is 1. The van der Waals surface area contributed by atoms with Gasteiger partial charge in [-0.05, 0) is 44.5 Å². The molecule has 0 radical (unpaired) electrons. The zero-order valence-electron chi connectivity index (χ0n) is 10.3. The first kappa shape index (κ1) is 15.4. The molecule has 5 heteroatoms. The van der Waals surface area contributed by atoms with E-state index in [0.29, 0.717) is 20.6 Å². The Morgan fingerprint density at radius 2 is 1.67 bits per heavy atom. The van der Waals surface area contributed by atoms with E-state index in [9.17, 15) is 4.79 Å². The summed E-state index contributed by atoms with van der Waals surface area (Å²) in [6.45, 7) is 5.39. The number of benzene rings is 1. The molecule has 0 spiro atoms. The van der Waals surface area contributed by atoms with Crippen molar-refractivity contribution in [2.24, 2.45) is 0 Å². The predicted molar refractivity (Wildman–Crippen MR) is 76.4 cm³/mol. The number of ether oxygens (including phenoxy) is 1. The zero-order chi connectivity index (χ0) is 13.9. The van der Waals surface area contributed by atoms with E-state index in [4.69, 9.17) is 39.5 Å². The molecule has 0 aliphatic rings. The molecule has 0 bridgehead atoms. The van der Waals surface area contributed by atoms with Crippen molar-refractivity contribution < 1.29 is 9.53 Å². The minimum Gasteiger partial charge on any atom is -0.457 e. The number of hydrogen-bond acceptors (Lipinski definition) is 2. The number of hydrogen-bond donors (Lipinski definition) is 0. The molecule has 98 valence electrons. The highest BCUT2D eigenvalue weighted by Gasteiger charge is 2.14. The van der Waals surface area contributed by atoms with Crippen LogP contribution in [0.4, 0.5) is 0 Å². The van der Waals surface area contributed by atoms with Crippen LogP contribution in [0, 0.1) is 0 Å². The van der Waals surface area contributed by atoms with Gasteiger partial charge in [-0.1, -0.05) is 34.8 Å². The molecule has 1 aromatic carbocycles. The number of halogens is 3. The van der Waals surface area contributed by atoms with E-state index < -0.39 is 11.6 Å². The van der Waals surface area contributed by atoms with Crippen molar-refractivity contribution in [2.45, 2.75) is 26.4 Å². The zero-order valence-corrected chi connectivity index (χ0v) is 12.5. The second-order valence-corrected chi connectivity index (χ2v) is 5.88. The van der Waals surface area contributed by atoms with Crippen LogP contribution in [0.5, 0.6) is 0 Å². The molecule has 0 aliphatic carbocycles. The van der Waals surface area contributed by atoms with E-state index in [1.807, 2.05) is 0 Å². The summed E-state index contributed by atoms with van der Waals surface area (Å²) < 4.78 is 5.13. The SMILES string of the molecule is CC(C)(C)OC(=O)C=Cc1cc(Cl)c(Cl)cc1Cl. The lowest BCUT2D eigenvalue weighted by Crippen LogP contribution is -2.22. The number of carbonyl (C=O) groups is 1. The molecule has 0 amide bonds. The van der Waals surface area contributed by atoms with Crippen molar-refractivity contribution in [1.82, 2.24) is 0 Å². The van der Waals surface area contributed by atoms with Gasteiger partial charge in [-0.15, -0.1) is 0 Å². The van der Waals surface area contributed by atoms with Gasteiger partial charge in [0.25, 0.3) is 0 Å². The maximum absolute atomic E-state index is 11.5. The Bertz CT molecular complexity index is 488. The minimum absolute atomic E-state index is 0.371. The third-order valence-electron chi connectivity index (χ3n) is 1.85. The van der Waals surface area contributed by atoms with Crippen LogP contribution in [-0.2, 0) is 9.53 Å². The Morgan fingerprint density at radius 1 is 1.11 bits per heavy atom. The average Bonchev–Trinajstić information content (AvgIpc) is 2.19. The molecule has 0 heterocycles. The lowest BCUT2D eigenvalue weighted by atomic mass is 10.2. The molecule has 0 N–H and O–H groups in total. The van der Waals surface area contributed by atoms with Crippen molar-refractivity contribution in [3.05, 3.63) is 38.8 Å². The molecule has 0 aliphatic heterocycles. The van der Waals surface area contributed by atoms with Gasteiger partial charge in [0.15, 0.2) is 0 Å². The molecule has 1 aromatic rings. The Morgan fingerprint density at radius 3 is 2.22 bits per heavy atom. The van der Waals surface area contributed by atoms with Crippen LogP contribution in [0.2, 0.25) is 15.1 Å². The van der Waals surface area contributed by atoms with E-state index >= 15 is 0 Å². The normalized spacial score (nSPS) is 11.9. The fourth-order valence-corrected chi connectivity index (χ4v) is 1.78. The van der Waals surface area contributed by atoms with Crippen molar-refractivity contribution in [3.8, 4) is 0 Å². The standard InChI is InChI=1S/C13H13Cl3O2/c1-13(2,3)18-12(17)5-4-8-6-10(15)11(16)7-9(8)14/h4-7H,1-3H3. The lowest BCUT2D eigenvalue weighted by Gasteiger charge is -2.17. The van der Waals surface area contributed by atoms with E-state index in [0.717, 1.165) is 0 Å². The van der Waals surface area contributed by atoms with Crippen LogP contribution in [0.1, 0.15) is 26.3 Å². The monoisotopic (exact) mass is 306 g/mol. The molecule has 2 nitrogen and oxygen atoms in total. The summed E-state index contributed by atoms with van der Waals surface area (Å²) in [6, 6.07) is 3.12. The lowest BCUT2D eigenvalue weighted by molar-refractivity contribution is -0.148. The summed E-state index contributed by atoms with van der Waals surface area (Å²) in [4.78, 5) is 11.5. The van der Waals surface area contributed by atoms with Gasteiger partial charge in [0.05, 0.1) is 10.0 Å². The molecule has 1 rings (SSSR count). The molecule has 0 unspecified atom stereocenters. The van der Waals surface area contributed by atoms with Gasteiger partial charge in [-0.3, -0.25) is 0 Å². The maximum atomic E-state index is 11.5. The molecule has 0 aromatic heterocycles. The van der Waals surface area contributed by atoms with Gasteiger partial charge in [0.1, 0.15) is 5.60 Å². The second kappa shape index (κ2) is 5.96. The molecular weight excluding hydrogens is 294 g/mol. The largest absolute Gasteiger partial charge is 0.457 e. The smallest absolute Gasteiger partial charge is 0.331 e. The van der Waals surface area contributed by atoms with Crippen molar-refractivity contribution in [3.63, 3.8) is 0 Å². The average molecular weight is 308 g/mol. The summed E-state index contributed by atoms with van der Waals surface area (Å²) >= 11 is 17.6. The van der Waals surface area contributed by atoms with Gasteiger partial charge in [-0.25, -0.2) is 4.79 Å². The van der Waals surface area contributed by atoms with Gasteiger partial charge in [0, 0.05) is 11.1 Å². The first-order valence-corrected chi connectivity index (χ1v) is 6.38. The van der Waals surface area contributed by atoms with Crippen LogP contribution in [0.15, 0.2) is 18.2 Å². The third kappa shape index (κ3) is 4.89. The topological polar surface area (TPSA) is 26.3 Å². The van der Waals surface area contributed by atoms with Crippen LogP contribution in [0.3, 0.4) is 0 Å². The van der Waals surface area contributed by atoms with Gasteiger partial charge < -0.3 is 4.74 Å². The highest BCUT2D eigenvalue weighted by Crippen LogP contribution is 2.29. The summed E-state index contributed by atoms with van der Waals surface area (Å²) in [5.41, 5.74) is 0.0833. The Kier molecular flexibility index (Phi) is 5.09. The predicted octanol–water partition coefficient (Wildman–Crippen LogP) is 5.00. The summed E-state index contributed by atoms with van der Waals surface area (Å²) in [5, 5.41) is 1.17. The Balaban J connectivity index is 2.85. The van der Waals surface area contributed by atoms with E-state index in [2.05, 4.69) is 0 Å². The van der Waals surface area contributed by atoms with Crippen LogP contribution in [-0.4, -0.2) is 11.6 Å². The molecule has 0 atom stereocenters. The summed E-state index contributed by atoms with van der Waals surface area (Å²) in [5.74, 6) is -0.440. The third-order valence-corrected chi connectivity index (χ3v) is 2.89. The first-order chi connectivity index (χ1) is 8.19. The Labute approximate surface area is 121 Å². The first-order valence-electron chi connectivity index (χ1n) is 5.24. The van der Waals surface area contributed by atoms with Gasteiger partial charge in [-0.2, -0.15) is 0 Å². The quantitative estimate of drug-likeness (QED) is 0.436. The fourth-order valence-electron chi connectivity index (χ4n) is 1.16. The number of esters is 1. The second-order valence-electron chi connectivity index (χ2n) is 4.65. The van der Waals surface area contributed by atoms with Crippen molar-refractivity contribution in [2.75, 3.05) is 0 Å². The van der Waals surface area contributed by atoms with E-state index in [-0.39, 0.29) is 0 Å². The van der Waals surface area contributed by atoms with E-state index in [1.54, 1.807) is 32.9 Å². The molecule has 0 saturated heterocycles. The van der Waals surface area contributed by atoms with Crippen LogP contribution >= 0.6 is 34.8 Å². The van der Waals surface area contributed by atoms with Gasteiger partial charge in [0.2, 0.25) is 0 Å².